The van der Waals surface area contributed by atoms with Crippen LogP contribution in [-0.4, -0.2) is 71.1 Å². The van der Waals surface area contributed by atoms with Crippen LogP contribution in [0.4, 0.5) is 4.79 Å². The molecule has 0 radical (unpaired) electrons. The molecule has 2 atom stereocenters. The van der Waals surface area contributed by atoms with Crippen molar-refractivity contribution in [1.29, 1.82) is 5.26 Å². The van der Waals surface area contributed by atoms with E-state index in [1.54, 1.807) is 61.7 Å². The number of nitrogens with one attached hydrogen (secondary N) is 2. The van der Waals surface area contributed by atoms with E-state index < -0.39 is 11.7 Å². The number of amidine groups is 1. The fourth-order valence-corrected chi connectivity index (χ4v) is 5.45. The number of cyclic esters (lactones) is 1. The van der Waals surface area contributed by atoms with Gasteiger partial charge in [0.15, 0.2) is 5.58 Å². The molecule has 12 nitrogen and oxygen atoms in total. The third-order valence-corrected chi connectivity index (χ3v) is 7.95. The fraction of sp³-hybridized carbons (Fsp3) is 0.324. The number of oxazole rings is 1. The minimum atomic E-state index is -0.978. The Bertz CT molecular complexity index is 1880. The first kappa shape index (κ1) is 30.5. The predicted molar refractivity (Wildman–Crippen MR) is 171 cm³/mol. The number of rotatable bonds is 7. The van der Waals surface area contributed by atoms with Gasteiger partial charge < -0.3 is 19.8 Å². The van der Waals surface area contributed by atoms with Crippen LogP contribution in [0, 0.1) is 11.3 Å². The third-order valence-electron chi connectivity index (χ3n) is 7.95. The first-order valence-electron chi connectivity index (χ1n) is 15.1. The molecule has 3 amide bonds. The summed E-state index contributed by atoms with van der Waals surface area (Å²) >= 11 is 0. The predicted octanol–water partition coefficient (Wildman–Crippen LogP) is 4.63. The van der Waals surface area contributed by atoms with E-state index in [9.17, 15) is 19.6 Å². The molecule has 2 aromatic carbocycles. The van der Waals surface area contributed by atoms with Crippen molar-refractivity contribution in [3.8, 4) is 17.5 Å². The molecule has 2 N–H and O–H groups in total. The maximum Gasteiger partial charge on any atom is 0.416 e. The molecule has 12 heteroatoms. The summed E-state index contributed by atoms with van der Waals surface area (Å²) in [6.07, 6.45) is 8.05. The van der Waals surface area contributed by atoms with Crippen molar-refractivity contribution in [1.82, 2.24) is 20.5 Å². The molecule has 1 fully saturated rings. The number of ether oxygens (including phenoxy) is 1. The van der Waals surface area contributed by atoms with Gasteiger partial charge in [0.2, 0.25) is 5.89 Å². The van der Waals surface area contributed by atoms with Gasteiger partial charge in [-0.05, 0) is 68.2 Å². The number of amides is 3. The smallest absolute Gasteiger partial charge is 0.416 e. The number of carbonyl (C=O) groups excluding carboxylic acids is 3. The standard InChI is InChI=1S/C34H33N7O5/c1-20(2)25-14-21(16-35)15-27-29(25)45-32(40-27)23-9-7-22(8-10-23)30(42)38-18-34(3)19-41(33(44)46-34)28-12-11-24(17-37-28)39-31(43)26-6-4-5-13-36-26/h6-15,20,24H,4-5,17-19H2,1-3H3,(H,38,42)(H,39,43). The Kier molecular flexibility index (Phi) is 8.23. The summed E-state index contributed by atoms with van der Waals surface area (Å²) < 4.78 is 11.7. The van der Waals surface area contributed by atoms with Crippen LogP contribution in [0.3, 0.4) is 0 Å². The van der Waals surface area contributed by atoms with E-state index in [4.69, 9.17) is 9.15 Å². The average molecular weight is 620 g/mol. The van der Waals surface area contributed by atoms with Crippen molar-refractivity contribution >= 4 is 41.1 Å². The van der Waals surface area contributed by atoms with Gasteiger partial charge in [0.25, 0.3) is 11.8 Å². The van der Waals surface area contributed by atoms with E-state index in [0.717, 1.165) is 18.4 Å². The van der Waals surface area contributed by atoms with Gasteiger partial charge in [0, 0.05) is 22.9 Å². The van der Waals surface area contributed by atoms with Crippen LogP contribution in [0.25, 0.3) is 22.6 Å². The average Bonchev–Trinajstić information content (AvgIpc) is 3.64. The molecule has 4 heterocycles. The number of hydrogen-bond acceptors (Lipinski definition) is 9. The van der Waals surface area contributed by atoms with Gasteiger partial charge in [-0.25, -0.2) is 9.78 Å². The number of carbonyl (C=O) groups is 3. The normalized spacial score (nSPS) is 20.7. The quantitative estimate of drug-likeness (QED) is 0.389. The number of nitriles is 1. The zero-order valence-corrected chi connectivity index (χ0v) is 25.7. The number of fused-ring (bicyclic) bond motifs is 1. The molecular formula is C34H33N7O5. The van der Waals surface area contributed by atoms with Crippen LogP contribution in [0.5, 0.6) is 0 Å². The number of dihydropyridines is 1. The fourth-order valence-electron chi connectivity index (χ4n) is 5.45. The van der Waals surface area contributed by atoms with E-state index in [2.05, 4.69) is 31.7 Å². The molecular weight excluding hydrogens is 586 g/mol. The van der Waals surface area contributed by atoms with Crippen molar-refractivity contribution < 1.29 is 23.5 Å². The largest absolute Gasteiger partial charge is 0.439 e. The maximum absolute atomic E-state index is 13.0. The van der Waals surface area contributed by atoms with Gasteiger partial charge in [-0.3, -0.25) is 24.5 Å². The summed E-state index contributed by atoms with van der Waals surface area (Å²) in [7, 11) is 0. The lowest BCUT2D eigenvalue weighted by atomic mass is 10.00. The van der Waals surface area contributed by atoms with E-state index in [1.807, 2.05) is 19.9 Å². The minimum absolute atomic E-state index is 0.0888. The monoisotopic (exact) mass is 619 g/mol. The maximum atomic E-state index is 13.0. The first-order valence-corrected chi connectivity index (χ1v) is 15.1. The van der Waals surface area contributed by atoms with Crippen LogP contribution in [0.15, 0.2) is 74.7 Å². The van der Waals surface area contributed by atoms with Gasteiger partial charge in [0.1, 0.15) is 22.7 Å². The number of nitrogens with zero attached hydrogens (tertiary/aromatic N) is 5. The molecule has 234 valence electrons. The van der Waals surface area contributed by atoms with Gasteiger partial charge in [-0.15, -0.1) is 0 Å². The number of aliphatic imine (C=N–C) groups is 2. The second kappa shape index (κ2) is 12.4. The molecule has 0 bridgehead atoms. The molecule has 1 saturated heterocycles. The van der Waals surface area contributed by atoms with Crippen molar-refractivity contribution in [2.75, 3.05) is 19.6 Å². The second-order valence-electron chi connectivity index (χ2n) is 12.0. The molecule has 3 aliphatic heterocycles. The Morgan fingerprint density at radius 1 is 1.17 bits per heavy atom. The zero-order chi connectivity index (χ0) is 32.4. The number of allylic oxidation sites excluding steroid dienone is 1. The van der Waals surface area contributed by atoms with Gasteiger partial charge in [-0.2, -0.15) is 5.26 Å². The summed E-state index contributed by atoms with van der Waals surface area (Å²) in [5, 5.41) is 15.1. The Hall–Kier alpha value is -5.57. The lowest BCUT2D eigenvalue weighted by Gasteiger charge is -2.23. The van der Waals surface area contributed by atoms with Crippen LogP contribution < -0.4 is 10.6 Å². The van der Waals surface area contributed by atoms with Gasteiger partial charge in [-0.1, -0.05) is 26.0 Å². The van der Waals surface area contributed by atoms with Crippen LogP contribution in [0.1, 0.15) is 61.0 Å². The van der Waals surface area contributed by atoms with E-state index in [0.29, 0.717) is 45.2 Å². The second-order valence-corrected chi connectivity index (χ2v) is 12.0. The molecule has 0 saturated carbocycles. The summed E-state index contributed by atoms with van der Waals surface area (Å²) in [6.45, 7) is 6.36. The van der Waals surface area contributed by atoms with Crippen molar-refractivity contribution in [3.63, 3.8) is 0 Å². The SMILES string of the molecule is CC(C)c1cc(C#N)cc2nc(-c3ccc(C(=O)NCC4(C)CN(C5=NCC(NC(=O)C6=CCCC=N6)C=C5)C(=O)O4)cc3)oc12. The number of aromatic nitrogens is 1. The molecule has 3 aliphatic rings. The minimum Gasteiger partial charge on any atom is -0.439 e. The van der Waals surface area contributed by atoms with E-state index >= 15 is 0 Å². The van der Waals surface area contributed by atoms with E-state index in [-0.39, 0.29) is 43.4 Å². The lowest BCUT2D eigenvalue weighted by molar-refractivity contribution is -0.117. The highest BCUT2D eigenvalue weighted by atomic mass is 16.6. The third kappa shape index (κ3) is 6.30. The van der Waals surface area contributed by atoms with Crippen LogP contribution in [0.2, 0.25) is 0 Å². The summed E-state index contributed by atoms with van der Waals surface area (Å²) in [5.74, 6) is 0.387. The topological polar surface area (TPSA) is 162 Å². The molecule has 1 aromatic heterocycles. The summed E-state index contributed by atoms with van der Waals surface area (Å²) in [4.78, 5) is 52.8. The van der Waals surface area contributed by atoms with Crippen molar-refractivity contribution in [2.24, 2.45) is 9.98 Å². The van der Waals surface area contributed by atoms with E-state index in [1.165, 1.54) is 4.90 Å². The zero-order valence-electron chi connectivity index (χ0n) is 25.7. The van der Waals surface area contributed by atoms with Gasteiger partial charge >= 0.3 is 6.09 Å². The number of hydrogen-bond donors (Lipinski definition) is 2. The van der Waals surface area contributed by atoms with Crippen molar-refractivity contribution in [2.45, 2.75) is 51.2 Å². The Morgan fingerprint density at radius 2 is 1.98 bits per heavy atom. The Morgan fingerprint density at radius 3 is 2.65 bits per heavy atom. The summed E-state index contributed by atoms with van der Waals surface area (Å²) in [6, 6.07) is 12.2. The Balaban J connectivity index is 1.05. The molecule has 46 heavy (non-hydrogen) atoms. The molecule has 6 rings (SSSR count). The van der Waals surface area contributed by atoms with Crippen LogP contribution in [-0.2, 0) is 9.53 Å². The highest BCUT2D eigenvalue weighted by Gasteiger charge is 2.43. The highest BCUT2D eigenvalue weighted by Crippen LogP contribution is 2.31. The lowest BCUT2D eigenvalue weighted by Crippen LogP contribution is -2.45. The number of benzene rings is 2. The molecule has 0 aliphatic carbocycles. The molecule has 2 unspecified atom stereocenters. The van der Waals surface area contributed by atoms with Crippen LogP contribution >= 0.6 is 0 Å². The molecule has 3 aromatic rings. The highest BCUT2D eigenvalue weighted by molar-refractivity contribution is 6.04. The Labute approximate surface area is 265 Å². The summed E-state index contributed by atoms with van der Waals surface area (Å²) in [5.41, 5.74) is 3.21. The van der Waals surface area contributed by atoms with Crippen molar-refractivity contribution in [3.05, 3.63) is 77.0 Å². The van der Waals surface area contributed by atoms with Gasteiger partial charge in [0.05, 0.1) is 37.3 Å². The molecule has 0 spiro atoms. The first-order chi connectivity index (χ1) is 22.1.